The van der Waals surface area contributed by atoms with Gasteiger partial charge in [0.1, 0.15) is 11.5 Å². The number of furan rings is 1. The number of carbonyl (C=O) groups excluding carboxylic acids is 1. The Labute approximate surface area is 165 Å². The first-order valence-corrected chi connectivity index (χ1v) is 10.4. The van der Waals surface area contributed by atoms with Gasteiger partial charge in [0.05, 0.1) is 11.6 Å². The first kappa shape index (κ1) is 18.6. The van der Waals surface area contributed by atoms with Crippen LogP contribution in [0.1, 0.15) is 44.3 Å². The van der Waals surface area contributed by atoms with Crippen molar-refractivity contribution in [3.8, 4) is 11.3 Å². The number of benzene rings is 1. The largest absolute Gasteiger partial charge is 0.460 e. The summed E-state index contributed by atoms with van der Waals surface area (Å²) >= 11 is 6.27. The Kier molecular flexibility index (Phi) is 5.84. The van der Waals surface area contributed by atoms with Gasteiger partial charge in [-0.1, -0.05) is 23.7 Å². The third-order valence-electron chi connectivity index (χ3n) is 5.51. The summed E-state index contributed by atoms with van der Waals surface area (Å²) in [6, 6.07) is 12.3. The van der Waals surface area contributed by atoms with Crippen LogP contribution in [0.5, 0.6) is 0 Å². The van der Waals surface area contributed by atoms with Crippen LogP contribution in [-0.2, 0) is 11.3 Å². The third-order valence-corrected chi connectivity index (χ3v) is 5.84. The zero-order chi connectivity index (χ0) is 18.6. The number of likely N-dealkylation sites (tertiary alicyclic amines) is 1. The number of hydrogen-bond acceptors (Lipinski definition) is 3. The van der Waals surface area contributed by atoms with Crippen molar-refractivity contribution in [2.24, 2.45) is 5.92 Å². The van der Waals surface area contributed by atoms with Crippen molar-refractivity contribution in [3.05, 3.63) is 47.2 Å². The molecular weight excluding hydrogens is 360 g/mol. The van der Waals surface area contributed by atoms with E-state index in [1.807, 2.05) is 36.4 Å². The number of carbonyl (C=O) groups is 1. The van der Waals surface area contributed by atoms with Crippen molar-refractivity contribution in [1.29, 1.82) is 0 Å². The molecule has 1 aromatic carbocycles. The molecule has 1 N–H and O–H groups in total. The van der Waals surface area contributed by atoms with E-state index in [1.165, 1.54) is 12.8 Å². The lowest BCUT2D eigenvalue weighted by Gasteiger charge is -2.32. The number of nitrogens with one attached hydrogen (secondary N) is 1. The second-order valence-electron chi connectivity index (χ2n) is 7.87. The smallest absolute Gasteiger partial charge is 0.220 e. The molecule has 2 fully saturated rings. The Bertz CT molecular complexity index is 784. The molecule has 0 radical (unpaired) electrons. The number of amides is 1. The minimum absolute atomic E-state index is 0.227. The number of hydrogen-bond donors (Lipinski definition) is 1. The lowest BCUT2D eigenvalue weighted by Crippen LogP contribution is -2.35. The fourth-order valence-corrected chi connectivity index (χ4v) is 4.11. The molecule has 1 aliphatic carbocycles. The van der Waals surface area contributed by atoms with E-state index in [4.69, 9.17) is 16.0 Å². The van der Waals surface area contributed by atoms with E-state index in [1.54, 1.807) is 0 Å². The Morgan fingerprint density at radius 1 is 1.19 bits per heavy atom. The van der Waals surface area contributed by atoms with E-state index in [2.05, 4.69) is 10.2 Å². The molecule has 4 nitrogen and oxygen atoms in total. The summed E-state index contributed by atoms with van der Waals surface area (Å²) in [5.41, 5.74) is 0.934. The second-order valence-corrected chi connectivity index (χ2v) is 8.28. The van der Waals surface area contributed by atoms with Crippen molar-refractivity contribution in [2.45, 2.75) is 51.1 Å². The van der Waals surface area contributed by atoms with Gasteiger partial charge in [0.15, 0.2) is 0 Å². The van der Waals surface area contributed by atoms with Crippen LogP contribution in [0.25, 0.3) is 11.3 Å². The summed E-state index contributed by atoms with van der Waals surface area (Å²) in [6.45, 7) is 2.95. The summed E-state index contributed by atoms with van der Waals surface area (Å²) in [6.07, 6.45) is 6.36. The van der Waals surface area contributed by atoms with Gasteiger partial charge in [-0.05, 0) is 68.8 Å². The van der Waals surface area contributed by atoms with Gasteiger partial charge in [0.2, 0.25) is 5.91 Å². The topological polar surface area (TPSA) is 45.5 Å². The first-order valence-electron chi connectivity index (χ1n) is 10.0. The van der Waals surface area contributed by atoms with Crippen molar-refractivity contribution in [2.75, 3.05) is 13.1 Å². The van der Waals surface area contributed by atoms with E-state index in [-0.39, 0.29) is 5.91 Å². The van der Waals surface area contributed by atoms with Crippen LogP contribution in [0.3, 0.4) is 0 Å². The molecule has 4 rings (SSSR count). The highest BCUT2D eigenvalue weighted by Gasteiger charge is 2.25. The molecule has 1 aromatic heterocycles. The molecular formula is C22H27ClN2O2. The molecule has 2 heterocycles. The molecule has 144 valence electrons. The maximum absolute atomic E-state index is 11.9. The number of piperidine rings is 1. The van der Waals surface area contributed by atoms with Gasteiger partial charge in [-0.2, -0.15) is 0 Å². The van der Waals surface area contributed by atoms with Gasteiger partial charge in [-0.25, -0.2) is 0 Å². The predicted molar refractivity (Wildman–Crippen MR) is 108 cm³/mol. The van der Waals surface area contributed by atoms with Gasteiger partial charge >= 0.3 is 0 Å². The fraction of sp³-hybridized carbons (Fsp3) is 0.500. The highest BCUT2D eigenvalue weighted by Crippen LogP contribution is 2.30. The highest BCUT2D eigenvalue weighted by atomic mass is 35.5. The van der Waals surface area contributed by atoms with Gasteiger partial charge in [0.25, 0.3) is 0 Å². The van der Waals surface area contributed by atoms with Crippen molar-refractivity contribution in [1.82, 2.24) is 10.2 Å². The standard InChI is InChI=1S/C22H27ClN2O2/c23-20-6-2-1-5-19(20)21-11-10-18(27-21)15-25-13-3-4-16(14-25)7-12-22(26)24-17-8-9-17/h1-2,5-6,10-11,16-17H,3-4,7-9,12-15H2,(H,24,26). The SMILES string of the molecule is O=C(CCC1CCCN(Cc2ccc(-c3ccccc3Cl)o2)C1)NC1CC1. The van der Waals surface area contributed by atoms with E-state index in [0.29, 0.717) is 23.4 Å². The van der Waals surface area contributed by atoms with Crippen LogP contribution >= 0.6 is 11.6 Å². The average Bonchev–Trinajstić information content (AvgIpc) is 3.36. The monoisotopic (exact) mass is 386 g/mol. The molecule has 0 bridgehead atoms. The van der Waals surface area contributed by atoms with Crippen LogP contribution in [0.2, 0.25) is 5.02 Å². The summed E-state index contributed by atoms with van der Waals surface area (Å²) < 4.78 is 6.05. The molecule has 2 aromatic rings. The Morgan fingerprint density at radius 3 is 2.85 bits per heavy atom. The van der Waals surface area contributed by atoms with E-state index >= 15 is 0 Å². The minimum Gasteiger partial charge on any atom is -0.460 e. The van der Waals surface area contributed by atoms with Crippen LogP contribution in [0.15, 0.2) is 40.8 Å². The van der Waals surface area contributed by atoms with Crippen molar-refractivity contribution in [3.63, 3.8) is 0 Å². The maximum Gasteiger partial charge on any atom is 0.220 e. The number of rotatable bonds is 7. The Hall–Kier alpha value is -1.78. The van der Waals surface area contributed by atoms with Crippen LogP contribution in [0, 0.1) is 5.92 Å². The summed E-state index contributed by atoms with van der Waals surface area (Å²) in [5, 5.41) is 3.80. The Balaban J connectivity index is 1.29. The first-order chi connectivity index (χ1) is 13.2. The molecule has 1 saturated carbocycles. The molecule has 27 heavy (non-hydrogen) atoms. The summed E-state index contributed by atoms with van der Waals surface area (Å²) in [4.78, 5) is 14.4. The number of nitrogens with zero attached hydrogens (tertiary/aromatic N) is 1. The molecule has 1 unspecified atom stereocenters. The highest BCUT2D eigenvalue weighted by molar-refractivity contribution is 6.33. The fourth-order valence-electron chi connectivity index (χ4n) is 3.88. The molecule has 0 spiro atoms. The molecule has 1 atom stereocenters. The van der Waals surface area contributed by atoms with E-state index in [9.17, 15) is 4.79 Å². The molecule has 5 heteroatoms. The zero-order valence-corrected chi connectivity index (χ0v) is 16.4. The lowest BCUT2D eigenvalue weighted by molar-refractivity contribution is -0.121. The van der Waals surface area contributed by atoms with Gasteiger partial charge < -0.3 is 9.73 Å². The normalized spacial score (nSPS) is 20.6. The van der Waals surface area contributed by atoms with E-state index in [0.717, 1.165) is 56.0 Å². The minimum atomic E-state index is 0.227. The molecule has 2 aliphatic rings. The lowest BCUT2D eigenvalue weighted by atomic mass is 9.93. The molecule has 1 amide bonds. The molecule has 1 saturated heterocycles. The summed E-state index contributed by atoms with van der Waals surface area (Å²) in [7, 11) is 0. The van der Waals surface area contributed by atoms with Crippen LogP contribution in [0.4, 0.5) is 0 Å². The van der Waals surface area contributed by atoms with Gasteiger partial charge in [-0.3, -0.25) is 9.69 Å². The number of halogens is 1. The summed E-state index contributed by atoms with van der Waals surface area (Å²) in [5.74, 6) is 2.62. The third kappa shape index (κ3) is 5.14. The quantitative estimate of drug-likeness (QED) is 0.738. The second kappa shape index (κ2) is 8.49. The average molecular weight is 387 g/mol. The Morgan fingerprint density at radius 2 is 2.04 bits per heavy atom. The molecule has 1 aliphatic heterocycles. The predicted octanol–water partition coefficient (Wildman–Crippen LogP) is 4.87. The van der Waals surface area contributed by atoms with Crippen molar-refractivity contribution >= 4 is 17.5 Å². The van der Waals surface area contributed by atoms with Gasteiger partial charge in [0, 0.05) is 24.6 Å². The van der Waals surface area contributed by atoms with Crippen LogP contribution < -0.4 is 5.32 Å². The van der Waals surface area contributed by atoms with Gasteiger partial charge in [-0.15, -0.1) is 0 Å². The zero-order valence-electron chi connectivity index (χ0n) is 15.6. The maximum atomic E-state index is 11.9. The van der Waals surface area contributed by atoms with Crippen LogP contribution in [-0.4, -0.2) is 29.9 Å². The van der Waals surface area contributed by atoms with E-state index < -0.39 is 0 Å². The van der Waals surface area contributed by atoms with Crippen molar-refractivity contribution < 1.29 is 9.21 Å².